The van der Waals surface area contributed by atoms with Crippen LogP contribution in [0.2, 0.25) is 0 Å². The van der Waals surface area contributed by atoms with E-state index in [1.807, 2.05) is 13.1 Å². The first-order valence-corrected chi connectivity index (χ1v) is 5.36. The molecule has 0 bridgehead atoms. The Morgan fingerprint density at radius 3 is 2.53 bits per heavy atom. The number of anilines is 1. The van der Waals surface area contributed by atoms with Crippen LogP contribution in [0.3, 0.4) is 0 Å². The van der Waals surface area contributed by atoms with E-state index < -0.39 is 0 Å². The molecule has 0 unspecified atom stereocenters. The average molecular weight is 206 g/mol. The third-order valence-electron chi connectivity index (χ3n) is 2.87. The van der Waals surface area contributed by atoms with E-state index in [2.05, 4.69) is 40.4 Å². The lowest BCUT2D eigenvalue weighted by molar-refractivity contribution is 0.646. The molecule has 2 aromatic rings. The van der Waals surface area contributed by atoms with Gasteiger partial charge in [0.1, 0.15) is 5.82 Å². The summed E-state index contributed by atoms with van der Waals surface area (Å²) in [6.07, 6.45) is 2.06. The third-order valence-corrected chi connectivity index (χ3v) is 2.87. The highest BCUT2D eigenvalue weighted by molar-refractivity contribution is 5.82. The molecule has 0 fully saturated rings. The fraction of sp³-hybridized carbons (Fsp3) is 0.455. The Bertz CT molecular complexity index is 462. The quantitative estimate of drug-likeness (QED) is 0.827. The van der Waals surface area contributed by atoms with Gasteiger partial charge in [-0.3, -0.25) is 0 Å². The fourth-order valence-electron chi connectivity index (χ4n) is 2.05. The third kappa shape index (κ3) is 1.37. The topological polar surface area (TPSA) is 39.1 Å². The fourth-order valence-corrected chi connectivity index (χ4v) is 2.05. The highest BCUT2D eigenvalue weighted by Crippen LogP contribution is 2.22. The van der Waals surface area contributed by atoms with Gasteiger partial charge in [0.05, 0.1) is 11.0 Å². The van der Waals surface area contributed by atoms with E-state index in [4.69, 9.17) is 5.73 Å². The molecule has 2 aromatic heterocycles. The number of hydrogen-bond acceptors (Lipinski definition) is 2. The number of aryl methyl sites for hydroxylation is 1. The summed E-state index contributed by atoms with van der Waals surface area (Å²) in [7, 11) is 2.04. The van der Waals surface area contributed by atoms with Gasteiger partial charge in [0, 0.05) is 32.4 Å². The molecule has 0 saturated heterocycles. The first-order valence-electron chi connectivity index (χ1n) is 5.36. The highest BCUT2D eigenvalue weighted by Gasteiger charge is 2.12. The van der Waals surface area contributed by atoms with E-state index in [0.29, 0.717) is 0 Å². The second-order valence-corrected chi connectivity index (χ2v) is 3.72. The zero-order chi connectivity index (χ0) is 11.0. The van der Waals surface area contributed by atoms with Gasteiger partial charge >= 0.3 is 0 Å². The van der Waals surface area contributed by atoms with E-state index >= 15 is 0 Å². The highest BCUT2D eigenvalue weighted by atomic mass is 15.6. The Morgan fingerprint density at radius 1 is 1.27 bits per heavy atom. The number of rotatable bonds is 3. The summed E-state index contributed by atoms with van der Waals surface area (Å²) in [6, 6.07) is 4.12. The van der Waals surface area contributed by atoms with Crippen molar-refractivity contribution in [3.8, 4) is 0 Å². The maximum absolute atomic E-state index is 6.03. The molecule has 2 rings (SSSR count). The molecule has 82 valence electrons. The number of nitrogen functional groups attached to an aromatic ring is 1. The van der Waals surface area contributed by atoms with Crippen molar-refractivity contribution in [3.05, 3.63) is 18.3 Å². The molecule has 15 heavy (non-hydrogen) atoms. The van der Waals surface area contributed by atoms with Crippen molar-refractivity contribution in [3.63, 3.8) is 0 Å². The smallest absolute Gasteiger partial charge is 0.125 e. The molecule has 0 aliphatic heterocycles. The van der Waals surface area contributed by atoms with Gasteiger partial charge in [-0.05, 0) is 19.9 Å². The van der Waals surface area contributed by atoms with Crippen molar-refractivity contribution >= 4 is 16.9 Å². The van der Waals surface area contributed by atoms with Gasteiger partial charge in [0.2, 0.25) is 0 Å². The monoisotopic (exact) mass is 206 g/mol. The van der Waals surface area contributed by atoms with Gasteiger partial charge in [0.25, 0.3) is 0 Å². The minimum Gasteiger partial charge on any atom is -0.384 e. The van der Waals surface area contributed by atoms with Gasteiger partial charge in [-0.25, -0.2) is 4.68 Å². The predicted molar refractivity (Wildman–Crippen MR) is 64.6 cm³/mol. The van der Waals surface area contributed by atoms with Crippen LogP contribution in [0.15, 0.2) is 18.3 Å². The van der Waals surface area contributed by atoms with Crippen molar-refractivity contribution in [2.75, 3.05) is 23.8 Å². The van der Waals surface area contributed by atoms with Crippen LogP contribution < -0.4 is 10.7 Å². The van der Waals surface area contributed by atoms with Crippen LogP contribution in [-0.2, 0) is 7.05 Å². The van der Waals surface area contributed by atoms with Crippen LogP contribution in [-0.4, -0.2) is 22.3 Å². The lowest BCUT2D eigenvalue weighted by Crippen LogP contribution is -2.34. The summed E-state index contributed by atoms with van der Waals surface area (Å²) in [5.41, 5.74) is 8.39. The van der Waals surface area contributed by atoms with Crippen LogP contribution in [0.4, 0.5) is 5.82 Å². The van der Waals surface area contributed by atoms with Crippen LogP contribution in [0.5, 0.6) is 0 Å². The molecule has 0 aromatic carbocycles. The van der Waals surface area contributed by atoms with Crippen LogP contribution in [0.1, 0.15) is 13.8 Å². The summed E-state index contributed by atoms with van der Waals surface area (Å²) in [4.78, 5) is 0. The molecule has 0 spiro atoms. The minimum absolute atomic E-state index is 0.805. The van der Waals surface area contributed by atoms with Crippen molar-refractivity contribution < 1.29 is 0 Å². The number of nitrogens with two attached hydrogens (primary N) is 1. The summed E-state index contributed by atoms with van der Waals surface area (Å²) < 4.78 is 4.18. The Labute approximate surface area is 89.8 Å². The second kappa shape index (κ2) is 3.53. The molecule has 2 heterocycles. The largest absolute Gasteiger partial charge is 0.384 e. The van der Waals surface area contributed by atoms with E-state index in [1.165, 1.54) is 11.0 Å². The van der Waals surface area contributed by atoms with Crippen LogP contribution in [0.25, 0.3) is 11.0 Å². The second-order valence-electron chi connectivity index (χ2n) is 3.72. The van der Waals surface area contributed by atoms with Gasteiger partial charge in [0.15, 0.2) is 0 Å². The van der Waals surface area contributed by atoms with Gasteiger partial charge in [-0.1, -0.05) is 0 Å². The van der Waals surface area contributed by atoms with E-state index in [-0.39, 0.29) is 0 Å². The predicted octanol–water partition coefficient (Wildman–Crippen LogP) is 1.54. The standard InChI is InChI=1S/C11H18N4/c1-4-14(5-2)15-9-6-7-13(3)10(9)8-11(15)12/h6-8H,4-5,12H2,1-3H3. The summed E-state index contributed by atoms with van der Waals surface area (Å²) in [5.74, 6) is 0.805. The van der Waals surface area contributed by atoms with Gasteiger partial charge in [-0.15, -0.1) is 0 Å². The van der Waals surface area contributed by atoms with Crippen molar-refractivity contribution in [1.82, 2.24) is 9.24 Å². The zero-order valence-electron chi connectivity index (χ0n) is 9.57. The average Bonchev–Trinajstić information content (AvgIpc) is 2.72. The summed E-state index contributed by atoms with van der Waals surface area (Å²) >= 11 is 0. The zero-order valence-corrected chi connectivity index (χ0v) is 9.57. The normalized spacial score (nSPS) is 11.1. The Balaban J connectivity index is 2.62. The SMILES string of the molecule is CCN(CC)n1c(N)cc2c1ccn2C. The summed E-state index contributed by atoms with van der Waals surface area (Å²) in [6.45, 7) is 6.19. The number of fused-ring (bicyclic) bond motifs is 1. The number of hydrogen-bond donors (Lipinski definition) is 1. The molecule has 0 aliphatic rings. The lowest BCUT2D eigenvalue weighted by Gasteiger charge is -2.24. The van der Waals surface area contributed by atoms with E-state index in [9.17, 15) is 0 Å². The molecule has 4 heteroatoms. The molecule has 0 atom stereocenters. The Morgan fingerprint density at radius 2 is 1.93 bits per heavy atom. The van der Waals surface area contributed by atoms with Gasteiger partial charge < -0.3 is 15.3 Å². The molecular formula is C11H18N4. The Kier molecular flexibility index (Phi) is 2.34. The minimum atomic E-state index is 0.805. The maximum atomic E-state index is 6.03. The molecule has 0 aliphatic carbocycles. The van der Waals surface area contributed by atoms with Crippen molar-refractivity contribution in [2.45, 2.75) is 13.8 Å². The summed E-state index contributed by atoms with van der Waals surface area (Å²) in [5, 5.41) is 2.22. The Hall–Kier alpha value is -1.58. The molecular weight excluding hydrogens is 188 g/mol. The molecule has 0 radical (unpaired) electrons. The van der Waals surface area contributed by atoms with Crippen LogP contribution in [0, 0.1) is 0 Å². The van der Waals surface area contributed by atoms with E-state index in [1.54, 1.807) is 0 Å². The molecule has 0 amide bonds. The maximum Gasteiger partial charge on any atom is 0.125 e. The molecule has 4 nitrogen and oxygen atoms in total. The van der Waals surface area contributed by atoms with E-state index in [0.717, 1.165) is 18.9 Å². The van der Waals surface area contributed by atoms with Crippen molar-refractivity contribution in [2.24, 2.45) is 7.05 Å². The number of nitrogens with zero attached hydrogens (tertiary/aromatic N) is 3. The first-order chi connectivity index (χ1) is 7.19. The first kappa shape index (κ1) is 9.96. The van der Waals surface area contributed by atoms with Gasteiger partial charge in [-0.2, -0.15) is 0 Å². The molecule has 2 N–H and O–H groups in total. The lowest BCUT2D eigenvalue weighted by atomic mass is 10.5. The number of aromatic nitrogens is 2. The van der Waals surface area contributed by atoms with Crippen LogP contribution >= 0.6 is 0 Å². The van der Waals surface area contributed by atoms with Crippen molar-refractivity contribution in [1.29, 1.82) is 0 Å². The molecule has 0 saturated carbocycles.